The molecule has 6 nitrogen and oxygen atoms in total. The molecule has 0 aromatic carbocycles. The van der Waals surface area contributed by atoms with Gasteiger partial charge in [0, 0.05) is 24.7 Å². The van der Waals surface area contributed by atoms with Gasteiger partial charge in [0.25, 0.3) is 5.92 Å². The van der Waals surface area contributed by atoms with Crippen molar-refractivity contribution in [2.24, 2.45) is 0 Å². The Labute approximate surface area is 141 Å². The van der Waals surface area contributed by atoms with E-state index >= 15 is 0 Å². The maximum Gasteiger partial charge on any atom is 0.266 e. The molecule has 1 saturated heterocycles. The third kappa shape index (κ3) is 2.66. The van der Waals surface area contributed by atoms with Crippen LogP contribution in [-0.2, 0) is 6.54 Å². The molecule has 4 rings (SSSR count). The number of anilines is 1. The van der Waals surface area contributed by atoms with E-state index in [0.29, 0.717) is 28.5 Å². The van der Waals surface area contributed by atoms with Crippen LogP contribution in [0.3, 0.4) is 0 Å². The van der Waals surface area contributed by atoms with Crippen LogP contribution in [0.5, 0.6) is 0 Å². The Morgan fingerprint density at radius 3 is 2.88 bits per heavy atom. The lowest BCUT2D eigenvalue weighted by Gasteiger charge is -2.17. The number of alkyl halides is 2. The van der Waals surface area contributed by atoms with E-state index in [1.54, 1.807) is 28.0 Å². The van der Waals surface area contributed by atoms with Gasteiger partial charge in [0.05, 0.1) is 24.7 Å². The fourth-order valence-electron chi connectivity index (χ4n) is 2.86. The molecule has 3 aromatic rings. The summed E-state index contributed by atoms with van der Waals surface area (Å²) in [5, 5.41) is 5.36. The van der Waals surface area contributed by atoms with Crippen molar-refractivity contribution < 1.29 is 8.78 Å². The van der Waals surface area contributed by atoms with Crippen LogP contribution >= 0.6 is 11.6 Å². The van der Waals surface area contributed by atoms with Crippen molar-refractivity contribution in [3.63, 3.8) is 0 Å². The Bertz CT molecular complexity index is 897. The molecule has 0 atom stereocenters. The minimum Gasteiger partial charge on any atom is -0.350 e. The normalized spacial score (nSPS) is 16.9. The van der Waals surface area contributed by atoms with Gasteiger partial charge in [-0.15, -0.1) is 0 Å². The van der Waals surface area contributed by atoms with Crippen molar-refractivity contribution in [3.05, 3.63) is 41.6 Å². The van der Waals surface area contributed by atoms with Gasteiger partial charge in [0.15, 0.2) is 5.65 Å². The Morgan fingerprint density at radius 2 is 2.12 bits per heavy atom. The Hall–Kier alpha value is -2.35. The summed E-state index contributed by atoms with van der Waals surface area (Å²) < 4.78 is 28.6. The third-order valence-electron chi connectivity index (χ3n) is 4.04. The van der Waals surface area contributed by atoms with Gasteiger partial charge in [-0.1, -0.05) is 17.7 Å². The predicted octanol–water partition coefficient (Wildman–Crippen LogP) is 2.77. The average Bonchev–Trinajstić information content (AvgIpc) is 3.13. The number of halogens is 3. The molecule has 4 heterocycles. The number of hydrogen-bond donors (Lipinski definition) is 0. The zero-order chi connectivity index (χ0) is 16.7. The lowest BCUT2D eigenvalue weighted by molar-refractivity contribution is 0.0257. The smallest absolute Gasteiger partial charge is 0.266 e. The van der Waals surface area contributed by atoms with Crippen molar-refractivity contribution in [1.82, 2.24) is 24.7 Å². The van der Waals surface area contributed by atoms with E-state index in [4.69, 9.17) is 11.6 Å². The van der Waals surface area contributed by atoms with Gasteiger partial charge in [0.1, 0.15) is 17.3 Å². The van der Waals surface area contributed by atoms with Crippen LogP contribution in [0.1, 0.15) is 12.0 Å². The van der Waals surface area contributed by atoms with E-state index in [1.165, 1.54) is 6.33 Å². The molecular formula is C15H13ClF2N6. The molecule has 1 aliphatic rings. The fourth-order valence-corrected chi connectivity index (χ4v) is 3.04. The zero-order valence-electron chi connectivity index (χ0n) is 12.5. The molecule has 0 bridgehead atoms. The van der Waals surface area contributed by atoms with Gasteiger partial charge in [-0.3, -0.25) is 0 Å². The van der Waals surface area contributed by atoms with E-state index in [0.717, 1.165) is 5.56 Å². The van der Waals surface area contributed by atoms with Crippen LogP contribution in [0.2, 0.25) is 5.15 Å². The number of rotatable bonds is 3. The minimum absolute atomic E-state index is 0.169. The van der Waals surface area contributed by atoms with E-state index in [9.17, 15) is 8.78 Å². The number of fused-ring (bicyclic) bond motifs is 1. The van der Waals surface area contributed by atoms with Gasteiger partial charge in [-0.05, 0) is 6.07 Å². The highest BCUT2D eigenvalue weighted by atomic mass is 35.5. The summed E-state index contributed by atoms with van der Waals surface area (Å²) >= 11 is 6.08. The Kier molecular flexibility index (Phi) is 3.56. The van der Waals surface area contributed by atoms with Crippen molar-refractivity contribution in [3.8, 4) is 0 Å². The standard InChI is InChI=1S/C15H13ClF2N6/c16-12-10(2-1-4-19-12)7-24-14-11(6-22-24)13(20-9-21-14)23-5-3-15(17,18)8-23/h1-2,4,6,9H,3,5,7-8H2. The molecule has 0 spiro atoms. The SMILES string of the molecule is FC1(F)CCN(c2ncnc3c2cnn3Cc2cccnc2Cl)C1. The summed E-state index contributed by atoms with van der Waals surface area (Å²) in [6.07, 6.45) is 4.42. The second-order valence-electron chi connectivity index (χ2n) is 5.72. The van der Waals surface area contributed by atoms with Gasteiger partial charge in [-0.2, -0.15) is 5.10 Å². The van der Waals surface area contributed by atoms with Crippen molar-refractivity contribution in [1.29, 1.82) is 0 Å². The highest BCUT2D eigenvalue weighted by Gasteiger charge is 2.39. The molecule has 3 aromatic heterocycles. The van der Waals surface area contributed by atoms with Crippen molar-refractivity contribution >= 4 is 28.5 Å². The average molecular weight is 351 g/mol. The largest absolute Gasteiger partial charge is 0.350 e. The lowest BCUT2D eigenvalue weighted by Crippen LogP contribution is -2.25. The summed E-state index contributed by atoms with van der Waals surface area (Å²) in [5.41, 5.74) is 1.38. The van der Waals surface area contributed by atoms with Crippen molar-refractivity contribution in [2.75, 3.05) is 18.0 Å². The highest BCUT2D eigenvalue weighted by molar-refractivity contribution is 6.30. The quantitative estimate of drug-likeness (QED) is 0.680. The van der Waals surface area contributed by atoms with Crippen LogP contribution in [-0.4, -0.2) is 43.7 Å². The summed E-state index contributed by atoms with van der Waals surface area (Å²) in [7, 11) is 0. The highest BCUT2D eigenvalue weighted by Crippen LogP contribution is 2.32. The minimum atomic E-state index is -2.68. The van der Waals surface area contributed by atoms with E-state index in [-0.39, 0.29) is 19.5 Å². The third-order valence-corrected chi connectivity index (χ3v) is 4.38. The second kappa shape index (κ2) is 5.62. The van der Waals surface area contributed by atoms with E-state index in [2.05, 4.69) is 20.1 Å². The molecule has 0 aliphatic carbocycles. The Morgan fingerprint density at radius 1 is 1.25 bits per heavy atom. The molecule has 0 unspecified atom stereocenters. The Balaban J connectivity index is 1.71. The van der Waals surface area contributed by atoms with E-state index < -0.39 is 5.92 Å². The molecule has 0 radical (unpaired) electrons. The first-order valence-corrected chi connectivity index (χ1v) is 7.80. The van der Waals surface area contributed by atoms with Crippen LogP contribution in [0, 0.1) is 0 Å². The molecule has 0 N–H and O–H groups in total. The summed E-state index contributed by atoms with van der Waals surface area (Å²) in [6, 6.07) is 3.64. The molecule has 1 fully saturated rings. The number of nitrogens with zero attached hydrogens (tertiary/aromatic N) is 6. The topological polar surface area (TPSA) is 59.7 Å². The van der Waals surface area contributed by atoms with Gasteiger partial charge in [0.2, 0.25) is 0 Å². The molecular weight excluding hydrogens is 338 g/mol. The van der Waals surface area contributed by atoms with Crippen LogP contribution < -0.4 is 4.90 Å². The maximum atomic E-state index is 13.5. The first-order valence-electron chi connectivity index (χ1n) is 7.42. The van der Waals surface area contributed by atoms with Crippen LogP contribution in [0.4, 0.5) is 14.6 Å². The molecule has 24 heavy (non-hydrogen) atoms. The second-order valence-corrected chi connectivity index (χ2v) is 6.08. The number of aromatic nitrogens is 5. The lowest BCUT2D eigenvalue weighted by atomic mass is 10.3. The van der Waals surface area contributed by atoms with Gasteiger partial charge < -0.3 is 4.90 Å². The van der Waals surface area contributed by atoms with Crippen LogP contribution in [0.25, 0.3) is 11.0 Å². The maximum absolute atomic E-state index is 13.5. The summed E-state index contributed by atoms with van der Waals surface area (Å²) in [4.78, 5) is 14.0. The summed E-state index contributed by atoms with van der Waals surface area (Å²) in [6.45, 7) is 0.320. The molecule has 0 saturated carbocycles. The van der Waals surface area contributed by atoms with Gasteiger partial charge >= 0.3 is 0 Å². The fraction of sp³-hybridized carbons (Fsp3) is 0.333. The van der Waals surface area contributed by atoms with Gasteiger partial charge in [-0.25, -0.2) is 28.4 Å². The molecule has 1 aliphatic heterocycles. The van der Waals surface area contributed by atoms with Crippen molar-refractivity contribution in [2.45, 2.75) is 18.9 Å². The molecule has 124 valence electrons. The monoisotopic (exact) mass is 350 g/mol. The van der Waals surface area contributed by atoms with Crippen LogP contribution in [0.15, 0.2) is 30.9 Å². The predicted molar refractivity (Wildman–Crippen MR) is 85.4 cm³/mol. The number of pyridine rings is 1. The van der Waals surface area contributed by atoms with E-state index in [1.807, 2.05) is 6.07 Å². The molecule has 0 amide bonds. The summed E-state index contributed by atoms with van der Waals surface area (Å²) in [5.74, 6) is -2.20. The molecule has 9 heteroatoms. The zero-order valence-corrected chi connectivity index (χ0v) is 13.3. The number of hydrogen-bond acceptors (Lipinski definition) is 5. The first-order chi connectivity index (χ1) is 11.5. The first kappa shape index (κ1) is 15.2.